The molecular formula is C16H19N7O3. The SMILES string of the molecule is COc1ccccc1-c1noc(CCC(=O)NC(C)c2nc(N)n[nH]2)n1. The first-order chi connectivity index (χ1) is 12.6. The summed E-state index contributed by atoms with van der Waals surface area (Å²) in [6.07, 6.45) is 0.515. The Kier molecular flexibility index (Phi) is 5.11. The summed E-state index contributed by atoms with van der Waals surface area (Å²) in [6, 6.07) is 7.04. The van der Waals surface area contributed by atoms with Crippen molar-refractivity contribution in [1.82, 2.24) is 30.6 Å². The molecule has 1 unspecified atom stereocenters. The maximum absolute atomic E-state index is 12.1. The predicted octanol–water partition coefficient (Wildman–Crippen LogP) is 1.26. The molecule has 10 nitrogen and oxygen atoms in total. The second-order valence-corrected chi connectivity index (χ2v) is 5.58. The maximum atomic E-state index is 12.1. The number of nitrogens with two attached hydrogens (primary N) is 1. The number of carbonyl (C=O) groups is 1. The molecule has 1 atom stereocenters. The molecule has 0 aliphatic rings. The number of benzene rings is 1. The normalized spacial score (nSPS) is 11.9. The van der Waals surface area contributed by atoms with Crippen LogP contribution in [0.1, 0.15) is 31.1 Å². The molecule has 2 heterocycles. The van der Waals surface area contributed by atoms with Gasteiger partial charge in [0.05, 0.1) is 18.7 Å². The summed E-state index contributed by atoms with van der Waals surface area (Å²) in [5.41, 5.74) is 6.18. The molecule has 0 aliphatic carbocycles. The summed E-state index contributed by atoms with van der Waals surface area (Å²) in [6.45, 7) is 1.78. The Labute approximate surface area is 149 Å². The molecule has 0 radical (unpaired) electrons. The van der Waals surface area contributed by atoms with E-state index in [-0.39, 0.29) is 24.3 Å². The lowest BCUT2D eigenvalue weighted by atomic mass is 10.2. The van der Waals surface area contributed by atoms with E-state index >= 15 is 0 Å². The van der Waals surface area contributed by atoms with E-state index in [9.17, 15) is 4.79 Å². The highest BCUT2D eigenvalue weighted by molar-refractivity contribution is 5.76. The Morgan fingerprint density at radius 2 is 2.19 bits per heavy atom. The highest BCUT2D eigenvalue weighted by atomic mass is 16.5. The molecule has 3 aromatic rings. The average molecular weight is 357 g/mol. The molecule has 10 heteroatoms. The minimum atomic E-state index is -0.334. The van der Waals surface area contributed by atoms with E-state index in [0.717, 1.165) is 5.56 Å². The molecule has 3 rings (SSSR count). The lowest BCUT2D eigenvalue weighted by Crippen LogP contribution is -2.27. The summed E-state index contributed by atoms with van der Waals surface area (Å²) in [4.78, 5) is 20.4. The third kappa shape index (κ3) is 3.97. The number of methoxy groups -OCH3 is 1. The monoisotopic (exact) mass is 357 g/mol. The summed E-state index contributed by atoms with van der Waals surface area (Å²) in [7, 11) is 1.58. The molecule has 0 bridgehead atoms. The van der Waals surface area contributed by atoms with Crippen molar-refractivity contribution in [3.05, 3.63) is 36.0 Å². The van der Waals surface area contributed by atoms with Gasteiger partial charge >= 0.3 is 0 Å². The van der Waals surface area contributed by atoms with Gasteiger partial charge in [-0.15, -0.1) is 5.10 Å². The number of hydrogen-bond donors (Lipinski definition) is 3. The quantitative estimate of drug-likeness (QED) is 0.573. The summed E-state index contributed by atoms with van der Waals surface area (Å²) >= 11 is 0. The van der Waals surface area contributed by atoms with Crippen LogP contribution in [-0.4, -0.2) is 38.3 Å². The topological polar surface area (TPSA) is 145 Å². The number of amides is 1. The zero-order chi connectivity index (χ0) is 18.5. The van der Waals surface area contributed by atoms with E-state index in [4.69, 9.17) is 15.0 Å². The van der Waals surface area contributed by atoms with E-state index in [1.165, 1.54) is 0 Å². The van der Waals surface area contributed by atoms with Crippen LogP contribution in [0.25, 0.3) is 11.4 Å². The van der Waals surface area contributed by atoms with Gasteiger partial charge in [-0.25, -0.2) is 0 Å². The first-order valence-corrected chi connectivity index (χ1v) is 8.00. The van der Waals surface area contributed by atoms with E-state index in [1.54, 1.807) is 14.0 Å². The minimum absolute atomic E-state index is 0.135. The maximum Gasteiger partial charge on any atom is 0.239 e. The lowest BCUT2D eigenvalue weighted by molar-refractivity contribution is -0.121. The Balaban J connectivity index is 1.57. The zero-order valence-corrected chi connectivity index (χ0v) is 14.4. The molecule has 1 amide bonds. The van der Waals surface area contributed by atoms with Crippen LogP contribution in [0.3, 0.4) is 0 Å². The lowest BCUT2D eigenvalue weighted by Gasteiger charge is -2.09. The fourth-order valence-corrected chi connectivity index (χ4v) is 2.38. The Morgan fingerprint density at radius 3 is 2.92 bits per heavy atom. The molecule has 136 valence electrons. The highest BCUT2D eigenvalue weighted by Crippen LogP contribution is 2.27. The van der Waals surface area contributed by atoms with Gasteiger partial charge in [-0.3, -0.25) is 9.89 Å². The second-order valence-electron chi connectivity index (χ2n) is 5.58. The number of nitrogens with one attached hydrogen (secondary N) is 2. The van der Waals surface area contributed by atoms with Gasteiger partial charge < -0.3 is 20.3 Å². The Bertz CT molecular complexity index is 889. The number of aryl methyl sites for hydroxylation is 1. The van der Waals surface area contributed by atoms with Crippen LogP contribution in [0.15, 0.2) is 28.8 Å². The number of nitrogens with zero attached hydrogens (tertiary/aromatic N) is 4. The molecule has 4 N–H and O–H groups in total. The van der Waals surface area contributed by atoms with Gasteiger partial charge in [0, 0.05) is 12.8 Å². The molecule has 0 aliphatic heterocycles. The molecule has 1 aromatic carbocycles. The van der Waals surface area contributed by atoms with E-state index in [1.807, 2.05) is 24.3 Å². The van der Waals surface area contributed by atoms with Crippen LogP contribution >= 0.6 is 0 Å². The van der Waals surface area contributed by atoms with Crippen molar-refractivity contribution in [3.63, 3.8) is 0 Å². The van der Waals surface area contributed by atoms with E-state index in [2.05, 4.69) is 30.6 Å². The number of aromatic amines is 1. The molecular weight excluding hydrogens is 338 g/mol. The molecule has 26 heavy (non-hydrogen) atoms. The first kappa shape index (κ1) is 17.4. The molecule has 0 saturated heterocycles. The Morgan fingerprint density at radius 1 is 1.38 bits per heavy atom. The van der Waals surface area contributed by atoms with Crippen molar-refractivity contribution in [2.45, 2.75) is 25.8 Å². The highest BCUT2D eigenvalue weighted by Gasteiger charge is 2.16. The van der Waals surface area contributed by atoms with Crippen molar-refractivity contribution in [3.8, 4) is 17.1 Å². The first-order valence-electron chi connectivity index (χ1n) is 8.00. The van der Waals surface area contributed by atoms with Gasteiger partial charge in [0.2, 0.25) is 23.6 Å². The minimum Gasteiger partial charge on any atom is -0.496 e. The number of hydrogen-bond acceptors (Lipinski definition) is 8. The van der Waals surface area contributed by atoms with Crippen LogP contribution in [0.4, 0.5) is 5.95 Å². The number of aromatic nitrogens is 5. The predicted molar refractivity (Wildman–Crippen MR) is 92.0 cm³/mol. The van der Waals surface area contributed by atoms with Crippen molar-refractivity contribution in [2.75, 3.05) is 12.8 Å². The second kappa shape index (κ2) is 7.64. The molecule has 0 fully saturated rings. The van der Waals surface area contributed by atoms with Crippen molar-refractivity contribution in [1.29, 1.82) is 0 Å². The van der Waals surface area contributed by atoms with Crippen molar-refractivity contribution < 1.29 is 14.1 Å². The molecule has 0 spiro atoms. The number of carbonyl (C=O) groups excluding carboxylic acids is 1. The van der Waals surface area contributed by atoms with Crippen LogP contribution < -0.4 is 15.8 Å². The van der Waals surface area contributed by atoms with E-state index in [0.29, 0.717) is 29.7 Å². The number of anilines is 1. The smallest absolute Gasteiger partial charge is 0.239 e. The number of para-hydroxylation sites is 1. The fraction of sp³-hybridized carbons (Fsp3) is 0.312. The number of H-pyrrole nitrogens is 1. The van der Waals surface area contributed by atoms with Crippen LogP contribution in [0.2, 0.25) is 0 Å². The summed E-state index contributed by atoms with van der Waals surface area (Å²) in [5, 5.41) is 13.1. The number of ether oxygens (including phenoxy) is 1. The molecule has 0 saturated carbocycles. The molecule has 2 aromatic heterocycles. The average Bonchev–Trinajstić information content (AvgIpc) is 3.29. The van der Waals surface area contributed by atoms with Crippen LogP contribution in [-0.2, 0) is 11.2 Å². The largest absolute Gasteiger partial charge is 0.496 e. The zero-order valence-electron chi connectivity index (χ0n) is 14.4. The summed E-state index contributed by atoms with van der Waals surface area (Å²) in [5.74, 6) is 1.89. The van der Waals surface area contributed by atoms with Gasteiger partial charge in [-0.2, -0.15) is 9.97 Å². The van der Waals surface area contributed by atoms with Crippen molar-refractivity contribution in [2.24, 2.45) is 0 Å². The fourth-order valence-electron chi connectivity index (χ4n) is 2.38. The van der Waals surface area contributed by atoms with Gasteiger partial charge in [0.1, 0.15) is 11.6 Å². The van der Waals surface area contributed by atoms with Gasteiger partial charge in [0.25, 0.3) is 0 Å². The summed E-state index contributed by atoms with van der Waals surface area (Å²) < 4.78 is 10.5. The third-order valence-corrected chi connectivity index (χ3v) is 3.69. The van der Waals surface area contributed by atoms with Crippen LogP contribution in [0.5, 0.6) is 5.75 Å². The standard InChI is InChI=1S/C16H19N7O3/c1-9(14-20-16(17)22-21-14)18-12(24)7-8-13-19-15(23-26-13)10-5-3-4-6-11(10)25-2/h3-6,9H,7-8H2,1-2H3,(H,18,24)(H3,17,20,21,22). The number of nitrogen functional groups attached to an aromatic ring is 1. The van der Waals surface area contributed by atoms with Crippen LogP contribution in [0, 0.1) is 0 Å². The number of rotatable bonds is 7. The van der Waals surface area contributed by atoms with Crippen molar-refractivity contribution >= 4 is 11.9 Å². The van der Waals surface area contributed by atoms with Gasteiger partial charge in [0.15, 0.2) is 0 Å². The van der Waals surface area contributed by atoms with Gasteiger partial charge in [-0.05, 0) is 19.1 Å². The van der Waals surface area contributed by atoms with Gasteiger partial charge in [-0.1, -0.05) is 17.3 Å². The third-order valence-electron chi connectivity index (χ3n) is 3.69. The Hall–Kier alpha value is -3.43. The van der Waals surface area contributed by atoms with E-state index < -0.39 is 0 Å².